The minimum Gasteiger partial charge on any atom is -0.392 e. The van der Waals surface area contributed by atoms with Crippen LogP contribution >= 0.6 is 0 Å². The minimum absolute atomic E-state index is 0.0950. The Bertz CT molecular complexity index is 558. The summed E-state index contributed by atoms with van der Waals surface area (Å²) in [5.74, 6) is -0.399. The molecule has 2 atom stereocenters. The van der Waals surface area contributed by atoms with Crippen LogP contribution in [0.2, 0.25) is 0 Å². The van der Waals surface area contributed by atoms with E-state index >= 15 is 0 Å². The Morgan fingerprint density at radius 2 is 2.05 bits per heavy atom. The number of aliphatic hydroxyl groups excluding tert-OH is 1. The molecule has 0 radical (unpaired) electrons. The summed E-state index contributed by atoms with van der Waals surface area (Å²) in [4.78, 5) is 25.9. The van der Waals surface area contributed by atoms with Crippen LogP contribution in [0.15, 0.2) is 24.3 Å². The molecule has 0 bridgehead atoms. The number of rotatable bonds is 3. The number of anilines is 2. The largest absolute Gasteiger partial charge is 0.392 e. The topological polar surface area (TPSA) is 69.6 Å². The Hall–Kier alpha value is -1.88. The van der Waals surface area contributed by atoms with Gasteiger partial charge in [-0.05, 0) is 37.8 Å². The number of hydrogen-bond acceptors (Lipinski definition) is 3. The van der Waals surface area contributed by atoms with Gasteiger partial charge in [0.1, 0.15) is 0 Å². The maximum atomic E-state index is 12.3. The monoisotopic (exact) mass is 288 g/mol. The first-order valence-corrected chi connectivity index (χ1v) is 7.55. The van der Waals surface area contributed by atoms with Crippen LogP contribution in [0.3, 0.4) is 0 Å². The average molecular weight is 288 g/mol. The first-order valence-electron chi connectivity index (χ1n) is 7.55. The van der Waals surface area contributed by atoms with Crippen LogP contribution < -0.4 is 10.2 Å². The van der Waals surface area contributed by atoms with Gasteiger partial charge >= 0.3 is 0 Å². The molecule has 2 N–H and O–H groups in total. The van der Waals surface area contributed by atoms with Crippen molar-refractivity contribution in [1.29, 1.82) is 0 Å². The maximum Gasteiger partial charge on any atom is 0.230 e. The SMILES string of the molecule is O=C(Nc1ccccc1N1CCCC1=O)C1CCCC1O. The van der Waals surface area contributed by atoms with Gasteiger partial charge < -0.3 is 15.3 Å². The fourth-order valence-corrected chi connectivity index (χ4v) is 3.19. The third-order valence-corrected chi connectivity index (χ3v) is 4.34. The molecule has 1 aromatic rings. The van der Waals surface area contributed by atoms with Crippen molar-refractivity contribution < 1.29 is 14.7 Å². The van der Waals surface area contributed by atoms with Crippen molar-refractivity contribution in [2.45, 2.75) is 38.2 Å². The van der Waals surface area contributed by atoms with Crippen molar-refractivity contribution >= 4 is 23.2 Å². The molecule has 21 heavy (non-hydrogen) atoms. The predicted octanol–water partition coefficient (Wildman–Crippen LogP) is 1.91. The molecule has 1 aliphatic carbocycles. The van der Waals surface area contributed by atoms with Crippen molar-refractivity contribution in [3.8, 4) is 0 Å². The summed E-state index contributed by atoms with van der Waals surface area (Å²) in [7, 11) is 0. The van der Waals surface area contributed by atoms with Crippen LogP contribution in [0.25, 0.3) is 0 Å². The Morgan fingerprint density at radius 1 is 1.24 bits per heavy atom. The van der Waals surface area contributed by atoms with Gasteiger partial charge in [-0.15, -0.1) is 0 Å². The van der Waals surface area contributed by atoms with Gasteiger partial charge in [0.05, 0.1) is 23.4 Å². The minimum atomic E-state index is -0.550. The quantitative estimate of drug-likeness (QED) is 0.892. The number of carbonyl (C=O) groups excluding carboxylic acids is 2. The zero-order chi connectivity index (χ0) is 14.8. The number of nitrogens with one attached hydrogen (secondary N) is 1. The summed E-state index contributed by atoms with van der Waals surface area (Å²) in [5.41, 5.74) is 1.40. The third-order valence-electron chi connectivity index (χ3n) is 4.34. The second kappa shape index (κ2) is 5.85. The second-order valence-corrected chi connectivity index (χ2v) is 5.76. The highest BCUT2D eigenvalue weighted by Crippen LogP contribution is 2.31. The molecule has 1 aliphatic heterocycles. The molecule has 2 aliphatic rings. The lowest BCUT2D eigenvalue weighted by molar-refractivity contribution is -0.122. The van der Waals surface area contributed by atoms with E-state index in [1.807, 2.05) is 18.2 Å². The number of hydrogen-bond donors (Lipinski definition) is 2. The van der Waals surface area contributed by atoms with Crippen LogP contribution in [0.4, 0.5) is 11.4 Å². The van der Waals surface area contributed by atoms with E-state index < -0.39 is 6.10 Å². The van der Waals surface area contributed by atoms with Gasteiger partial charge in [0.2, 0.25) is 11.8 Å². The molecule has 1 heterocycles. The number of nitrogens with zero attached hydrogens (tertiary/aromatic N) is 1. The van der Waals surface area contributed by atoms with Crippen LogP contribution in [0, 0.1) is 5.92 Å². The zero-order valence-electron chi connectivity index (χ0n) is 11.9. The Kier molecular flexibility index (Phi) is 3.92. The van der Waals surface area contributed by atoms with Gasteiger partial charge in [-0.3, -0.25) is 9.59 Å². The maximum absolute atomic E-state index is 12.3. The van der Waals surface area contributed by atoms with Crippen molar-refractivity contribution in [3.63, 3.8) is 0 Å². The Morgan fingerprint density at radius 3 is 2.71 bits per heavy atom. The van der Waals surface area contributed by atoms with E-state index in [1.165, 1.54) is 0 Å². The molecule has 3 rings (SSSR count). The molecule has 1 saturated carbocycles. The van der Waals surface area contributed by atoms with E-state index in [0.29, 0.717) is 25.1 Å². The number of amides is 2. The van der Waals surface area contributed by atoms with Gasteiger partial charge in [-0.2, -0.15) is 0 Å². The number of para-hydroxylation sites is 2. The molecular formula is C16H20N2O3. The highest BCUT2D eigenvalue weighted by Gasteiger charge is 2.32. The smallest absolute Gasteiger partial charge is 0.230 e. The summed E-state index contributed by atoms with van der Waals surface area (Å²) in [6.07, 6.45) is 3.14. The van der Waals surface area contributed by atoms with E-state index in [4.69, 9.17) is 0 Å². The second-order valence-electron chi connectivity index (χ2n) is 5.76. The molecule has 1 saturated heterocycles. The molecular weight excluding hydrogens is 268 g/mol. The molecule has 5 nitrogen and oxygen atoms in total. The molecule has 2 fully saturated rings. The summed E-state index contributed by atoms with van der Waals surface area (Å²) in [5, 5.41) is 12.7. The first kappa shape index (κ1) is 14.1. The van der Waals surface area contributed by atoms with Gasteiger partial charge in [0.25, 0.3) is 0 Å². The summed E-state index contributed by atoms with van der Waals surface area (Å²) >= 11 is 0. The fraction of sp³-hybridized carbons (Fsp3) is 0.500. The van der Waals surface area contributed by atoms with Gasteiger partial charge in [-0.25, -0.2) is 0 Å². The first-order chi connectivity index (χ1) is 10.2. The molecule has 5 heteroatoms. The highest BCUT2D eigenvalue weighted by molar-refractivity contribution is 6.02. The van der Waals surface area contributed by atoms with E-state index in [-0.39, 0.29) is 17.7 Å². The molecule has 112 valence electrons. The lowest BCUT2D eigenvalue weighted by Crippen LogP contribution is -2.30. The fourth-order valence-electron chi connectivity index (χ4n) is 3.19. The Labute approximate surface area is 123 Å². The third kappa shape index (κ3) is 2.78. The van der Waals surface area contributed by atoms with Crippen molar-refractivity contribution in [3.05, 3.63) is 24.3 Å². The van der Waals surface area contributed by atoms with Crippen LogP contribution in [-0.4, -0.2) is 29.6 Å². The van der Waals surface area contributed by atoms with Crippen LogP contribution in [0.1, 0.15) is 32.1 Å². The number of aliphatic hydroxyl groups is 1. The van der Waals surface area contributed by atoms with E-state index in [2.05, 4.69) is 5.32 Å². The lowest BCUT2D eigenvalue weighted by Gasteiger charge is -2.21. The van der Waals surface area contributed by atoms with Crippen LogP contribution in [0.5, 0.6) is 0 Å². The molecule has 0 aromatic heterocycles. The van der Waals surface area contributed by atoms with Gasteiger partial charge in [0, 0.05) is 13.0 Å². The standard InChI is InChI=1S/C16H20N2O3/c19-14-8-3-5-11(14)16(21)17-12-6-1-2-7-13(12)18-10-4-9-15(18)20/h1-2,6-7,11,14,19H,3-5,8-10H2,(H,17,21). The highest BCUT2D eigenvalue weighted by atomic mass is 16.3. The average Bonchev–Trinajstić information content (AvgIpc) is 3.08. The summed E-state index contributed by atoms with van der Waals surface area (Å²) in [6.45, 7) is 0.692. The Balaban J connectivity index is 1.79. The number of benzene rings is 1. The van der Waals surface area contributed by atoms with E-state index in [0.717, 1.165) is 24.9 Å². The van der Waals surface area contributed by atoms with Crippen LogP contribution in [-0.2, 0) is 9.59 Å². The molecule has 1 aromatic carbocycles. The summed E-state index contributed by atoms with van der Waals surface area (Å²) in [6, 6.07) is 7.36. The predicted molar refractivity (Wildman–Crippen MR) is 80.0 cm³/mol. The van der Waals surface area contributed by atoms with E-state index in [9.17, 15) is 14.7 Å². The van der Waals surface area contributed by atoms with Gasteiger partial charge in [-0.1, -0.05) is 12.1 Å². The normalized spacial score (nSPS) is 25.4. The lowest BCUT2D eigenvalue weighted by atomic mass is 10.1. The number of carbonyl (C=O) groups is 2. The van der Waals surface area contributed by atoms with Gasteiger partial charge in [0.15, 0.2) is 0 Å². The molecule has 0 spiro atoms. The summed E-state index contributed by atoms with van der Waals surface area (Å²) < 4.78 is 0. The van der Waals surface area contributed by atoms with Crippen molar-refractivity contribution in [2.24, 2.45) is 5.92 Å². The molecule has 2 amide bonds. The van der Waals surface area contributed by atoms with Crippen molar-refractivity contribution in [1.82, 2.24) is 0 Å². The molecule has 2 unspecified atom stereocenters. The van der Waals surface area contributed by atoms with E-state index in [1.54, 1.807) is 11.0 Å². The zero-order valence-corrected chi connectivity index (χ0v) is 11.9. The van der Waals surface area contributed by atoms with Crippen molar-refractivity contribution in [2.75, 3.05) is 16.8 Å².